The van der Waals surface area contributed by atoms with Crippen molar-refractivity contribution in [3.8, 4) is 28.3 Å². The molecule has 3 rings (SSSR count). The molecule has 3 nitrogen and oxygen atoms in total. The Hall–Kier alpha value is -2.72. The summed E-state index contributed by atoms with van der Waals surface area (Å²) in [5.74, 6) is 0.839. The average molecular weight is 362 g/mol. The van der Waals surface area contributed by atoms with Gasteiger partial charge in [0.2, 0.25) is 0 Å². The Balaban J connectivity index is 2.19. The van der Waals surface area contributed by atoms with Crippen molar-refractivity contribution in [1.82, 2.24) is 4.98 Å². The molecule has 0 saturated heterocycles. The van der Waals surface area contributed by atoms with Crippen molar-refractivity contribution < 1.29 is 4.74 Å². The minimum atomic E-state index is 0.582. The zero-order valence-electron chi connectivity index (χ0n) is 15.3. The number of rotatable bonds is 5. The fourth-order valence-electron chi connectivity index (χ4n) is 2.65. The van der Waals surface area contributed by atoms with Crippen molar-refractivity contribution in [3.05, 3.63) is 76.3 Å². The van der Waals surface area contributed by atoms with Crippen LogP contribution in [0.15, 0.2) is 66.2 Å². The van der Waals surface area contributed by atoms with Crippen LogP contribution in [0.5, 0.6) is 5.75 Å². The Morgan fingerprint density at radius 3 is 2.23 bits per heavy atom. The first kappa shape index (κ1) is 18.1. The normalized spacial score (nSPS) is 11.4. The van der Waals surface area contributed by atoms with Crippen LogP contribution in [0.4, 0.5) is 0 Å². The van der Waals surface area contributed by atoms with Crippen molar-refractivity contribution in [2.75, 3.05) is 13.7 Å². The van der Waals surface area contributed by atoms with Gasteiger partial charge in [0, 0.05) is 16.0 Å². The number of methoxy groups -OCH3 is 1. The van der Waals surface area contributed by atoms with Gasteiger partial charge in [-0.2, -0.15) is 0 Å². The summed E-state index contributed by atoms with van der Waals surface area (Å²) < 4.78 is 6.19. The summed E-state index contributed by atoms with van der Waals surface area (Å²) in [5.41, 5.74) is 5.26. The summed E-state index contributed by atoms with van der Waals surface area (Å²) in [7, 11) is 1.67. The number of benzene rings is 2. The Bertz CT molecular complexity index is 971. The summed E-state index contributed by atoms with van der Waals surface area (Å²) in [6.07, 6.45) is 1.80. The molecule has 3 aromatic rings. The molecule has 0 bridgehead atoms. The minimum Gasteiger partial charge on any atom is -0.497 e. The van der Waals surface area contributed by atoms with E-state index < -0.39 is 0 Å². The monoisotopic (exact) mass is 362 g/mol. The Morgan fingerprint density at radius 2 is 1.62 bits per heavy atom. The molecule has 0 amide bonds. The van der Waals surface area contributed by atoms with Crippen LogP contribution in [-0.4, -0.2) is 18.6 Å². The SMILES string of the molecule is C=CCN=c1sc(C)c(-c2ccc(OC)cc2)nc1-c1ccc(C)cc1. The van der Waals surface area contributed by atoms with Gasteiger partial charge in [-0.05, 0) is 38.1 Å². The molecule has 132 valence electrons. The van der Waals surface area contributed by atoms with E-state index in [1.54, 1.807) is 24.5 Å². The number of nitrogens with zero attached hydrogens (tertiary/aromatic N) is 2. The van der Waals surface area contributed by atoms with E-state index >= 15 is 0 Å². The van der Waals surface area contributed by atoms with Gasteiger partial charge in [-0.1, -0.05) is 35.9 Å². The quantitative estimate of drug-likeness (QED) is 0.586. The molecule has 4 heteroatoms. The zero-order chi connectivity index (χ0) is 18.5. The summed E-state index contributed by atoms with van der Waals surface area (Å²) in [6, 6.07) is 16.4. The first-order valence-corrected chi connectivity index (χ1v) is 9.28. The summed E-state index contributed by atoms with van der Waals surface area (Å²) in [5, 5.41) is 0. The molecule has 0 saturated carbocycles. The van der Waals surface area contributed by atoms with Crippen LogP contribution in [0.1, 0.15) is 10.4 Å². The minimum absolute atomic E-state index is 0.582. The fourth-order valence-corrected chi connectivity index (χ4v) is 3.60. The first-order chi connectivity index (χ1) is 12.6. The van der Waals surface area contributed by atoms with Crippen molar-refractivity contribution in [1.29, 1.82) is 0 Å². The molecule has 1 aromatic heterocycles. The lowest BCUT2D eigenvalue weighted by Crippen LogP contribution is -2.08. The highest BCUT2D eigenvalue weighted by Crippen LogP contribution is 2.27. The summed E-state index contributed by atoms with van der Waals surface area (Å²) in [6.45, 7) is 8.52. The number of aromatic nitrogens is 1. The van der Waals surface area contributed by atoms with E-state index in [2.05, 4.69) is 49.7 Å². The maximum atomic E-state index is 5.26. The fraction of sp³-hybridized carbons (Fsp3) is 0.182. The van der Waals surface area contributed by atoms with Crippen LogP contribution in [-0.2, 0) is 0 Å². The molecule has 0 aliphatic heterocycles. The maximum absolute atomic E-state index is 5.26. The molecular formula is C22H22N2OS. The molecule has 0 fully saturated rings. The van der Waals surface area contributed by atoms with Crippen molar-refractivity contribution in [3.63, 3.8) is 0 Å². The molecule has 0 spiro atoms. The predicted octanol–water partition coefficient (Wildman–Crippen LogP) is 5.19. The zero-order valence-corrected chi connectivity index (χ0v) is 16.1. The first-order valence-electron chi connectivity index (χ1n) is 8.47. The Labute approximate surface area is 158 Å². The second-order valence-corrected chi connectivity index (χ2v) is 7.20. The van der Waals surface area contributed by atoms with Crippen LogP contribution >= 0.6 is 11.3 Å². The molecule has 0 N–H and O–H groups in total. The summed E-state index contributed by atoms with van der Waals surface area (Å²) in [4.78, 5) is 10.8. The van der Waals surface area contributed by atoms with Gasteiger partial charge >= 0.3 is 0 Å². The molecule has 0 radical (unpaired) electrons. The number of aryl methyl sites for hydroxylation is 2. The molecule has 1 heterocycles. The van der Waals surface area contributed by atoms with Crippen molar-refractivity contribution >= 4 is 11.3 Å². The van der Waals surface area contributed by atoms with Crippen molar-refractivity contribution in [2.45, 2.75) is 13.8 Å². The van der Waals surface area contributed by atoms with E-state index in [1.807, 2.05) is 24.3 Å². The molecule has 26 heavy (non-hydrogen) atoms. The third kappa shape index (κ3) is 3.92. The lowest BCUT2D eigenvalue weighted by molar-refractivity contribution is 0.415. The van der Waals surface area contributed by atoms with Gasteiger partial charge in [0.15, 0.2) is 0 Å². The Kier molecular flexibility index (Phi) is 5.64. The molecule has 2 aromatic carbocycles. The van der Waals surface area contributed by atoms with E-state index in [0.717, 1.165) is 37.8 Å². The second kappa shape index (κ2) is 8.11. The van der Waals surface area contributed by atoms with Crippen LogP contribution < -0.4 is 9.41 Å². The highest BCUT2D eigenvalue weighted by atomic mass is 32.1. The van der Waals surface area contributed by atoms with Crippen LogP contribution in [0, 0.1) is 13.8 Å². The number of hydrogen-bond acceptors (Lipinski definition) is 4. The largest absolute Gasteiger partial charge is 0.497 e. The van der Waals surface area contributed by atoms with E-state index in [1.165, 1.54) is 5.56 Å². The Morgan fingerprint density at radius 1 is 1.00 bits per heavy atom. The van der Waals surface area contributed by atoms with E-state index in [9.17, 15) is 0 Å². The molecule has 0 aliphatic rings. The van der Waals surface area contributed by atoms with E-state index in [4.69, 9.17) is 9.72 Å². The maximum Gasteiger partial charge on any atom is 0.137 e. The lowest BCUT2D eigenvalue weighted by Gasteiger charge is -2.10. The van der Waals surface area contributed by atoms with Gasteiger partial charge in [-0.3, -0.25) is 4.99 Å². The molecule has 0 unspecified atom stereocenters. The van der Waals surface area contributed by atoms with Gasteiger partial charge in [0.05, 0.1) is 19.3 Å². The van der Waals surface area contributed by atoms with Gasteiger partial charge in [-0.15, -0.1) is 17.9 Å². The number of ether oxygens (including phenoxy) is 1. The average Bonchev–Trinajstić information content (AvgIpc) is 2.67. The second-order valence-electron chi connectivity index (χ2n) is 6.00. The van der Waals surface area contributed by atoms with Crippen LogP contribution in [0.2, 0.25) is 0 Å². The van der Waals surface area contributed by atoms with Crippen LogP contribution in [0.25, 0.3) is 22.5 Å². The van der Waals surface area contributed by atoms with Gasteiger partial charge in [0.1, 0.15) is 16.1 Å². The van der Waals surface area contributed by atoms with Crippen LogP contribution in [0.3, 0.4) is 0 Å². The van der Waals surface area contributed by atoms with Gasteiger partial charge in [-0.25, -0.2) is 4.98 Å². The lowest BCUT2D eigenvalue weighted by atomic mass is 10.1. The molecular weight excluding hydrogens is 340 g/mol. The van der Waals surface area contributed by atoms with Gasteiger partial charge in [0.25, 0.3) is 0 Å². The highest BCUT2D eigenvalue weighted by molar-refractivity contribution is 7.09. The standard InChI is InChI=1S/C22H22N2OS/c1-5-14-23-22-21(18-8-6-15(2)7-9-18)24-20(16(3)26-22)17-10-12-19(25-4)13-11-17/h5-13H,1,14H2,2-4H3. The van der Waals surface area contributed by atoms with E-state index in [0.29, 0.717) is 6.54 Å². The van der Waals surface area contributed by atoms with Crippen molar-refractivity contribution in [2.24, 2.45) is 4.99 Å². The third-order valence-corrected chi connectivity index (χ3v) is 5.08. The highest BCUT2D eigenvalue weighted by Gasteiger charge is 2.11. The van der Waals surface area contributed by atoms with E-state index in [-0.39, 0.29) is 0 Å². The number of hydrogen-bond donors (Lipinski definition) is 0. The topological polar surface area (TPSA) is 34.5 Å². The summed E-state index contributed by atoms with van der Waals surface area (Å²) >= 11 is 1.67. The molecule has 0 atom stereocenters. The predicted molar refractivity (Wildman–Crippen MR) is 110 cm³/mol. The third-order valence-electron chi connectivity index (χ3n) is 4.06. The molecule has 0 aliphatic carbocycles. The smallest absolute Gasteiger partial charge is 0.137 e. The van der Waals surface area contributed by atoms with Gasteiger partial charge < -0.3 is 4.74 Å².